The second-order valence-corrected chi connectivity index (χ2v) is 5.01. The molecule has 0 atom stereocenters. The first-order valence-electron chi connectivity index (χ1n) is 5.77. The van der Waals surface area contributed by atoms with Crippen molar-refractivity contribution in [2.45, 2.75) is 31.0 Å². The van der Waals surface area contributed by atoms with Gasteiger partial charge >= 0.3 is 0 Å². The average molecular weight is 284 g/mol. The minimum atomic E-state index is -2.44. The summed E-state index contributed by atoms with van der Waals surface area (Å²) in [6.45, 7) is 4.07. The van der Waals surface area contributed by atoms with E-state index in [1.165, 1.54) is 0 Å². The van der Waals surface area contributed by atoms with Crippen LogP contribution in [0.2, 0.25) is 0 Å². The number of nitrogens with zero attached hydrogens (tertiary/aromatic N) is 1. The van der Waals surface area contributed by atoms with Gasteiger partial charge in [0.15, 0.2) is 0 Å². The topological polar surface area (TPSA) is 38.1 Å². The van der Waals surface area contributed by atoms with Crippen molar-refractivity contribution in [3.8, 4) is 0 Å². The molecule has 1 heterocycles. The Morgan fingerprint density at radius 3 is 2.68 bits per heavy atom. The third-order valence-corrected chi connectivity index (χ3v) is 3.39. The molecule has 0 saturated heterocycles. The van der Waals surface area contributed by atoms with Gasteiger partial charge in [0.05, 0.1) is 12.2 Å². The van der Waals surface area contributed by atoms with Crippen LogP contribution in [-0.2, 0) is 6.54 Å². The largest absolute Gasteiger partial charge is 0.444 e. The van der Waals surface area contributed by atoms with Gasteiger partial charge in [0, 0.05) is 10.6 Å². The summed E-state index contributed by atoms with van der Waals surface area (Å²) in [5.74, 6) is -1.12. The lowest BCUT2D eigenvalue weighted by atomic mass is 10.3. The molecule has 2 aromatic rings. The number of hydrogen-bond acceptors (Lipinski definition) is 4. The molecule has 1 aromatic heterocycles. The summed E-state index contributed by atoms with van der Waals surface area (Å²) in [5.41, 5.74) is 1.49. The summed E-state index contributed by atoms with van der Waals surface area (Å²) < 4.78 is 30.3. The van der Waals surface area contributed by atoms with E-state index in [1.54, 1.807) is 24.3 Å². The first-order valence-corrected chi connectivity index (χ1v) is 6.65. The van der Waals surface area contributed by atoms with Gasteiger partial charge in [0.1, 0.15) is 5.76 Å². The normalized spacial score (nSPS) is 11.0. The first kappa shape index (κ1) is 13.9. The van der Waals surface area contributed by atoms with E-state index in [-0.39, 0.29) is 0 Å². The number of aryl methyl sites for hydroxylation is 2. The van der Waals surface area contributed by atoms with Crippen LogP contribution in [0.1, 0.15) is 17.3 Å². The van der Waals surface area contributed by atoms with Gasteiger partial charge in [0.25, 0.3) is 5.76 Å². The molecule has 0 aliphatic rings. The number of hydrogen-bond donors (Lipinski definition) is 1. The Hall–Kier alpha value is -1.56. The number of anilines is 1. The second kappa shape index (κ2) is 6.06. The van der Waals surface area contributed by atoms with E-state index in [0.29, 0.717) is 34.8 Å². The van der Waals surface area contributed by atoms with Gasteiger partial charge in [-0.05, 0) is 26.0 Å². The van der Waals surface area contributed by atoms with Gasteiger partial charge in [-0.2, -0.15) is 8.78 Å². The fourth-order valence-electron chi connectivity index (χ4n) is 1.60. The van der Waals surface area contributed by atoms with E-state index >= 15 is 0 Å². The maximum Gasteiger partial charge on any atom is 0.288 e. The predicted octanol–water partition coefficient (Wildman–Crippen LogP) is 4.22. The van der Waals surface area contributed by atoms with Crippen molar-refractivity contribution in [1.82, 2.24) is 4.98 Å². The lowest BCUT2D eigenvalue weighted by molar-refractivity contribution is 0.252. The van der Waals surface area contributed by atoms with Crippen molar-refractivity contribution in [1.29, 1.82) is 0 Å². The number of rotatable bonds is 5. The monoisotopic (exact) mass is 284 g/mol. The Balaban J connectivity index is 2.06. The van der Waals surface area contributed by atoms with E-state index < -0.39 is 5.76 Å². The zero-order chi connectivity index (χ0) is 13.8. The average Bonchev–Trinajstić information content (AvgIpc) is 2.67. The van der Waals surface area contributed by atoms with E-state index in [9.17, 15) is 8.78 Å². The molecule has 2 rings (SSSR count). The zero-order valence-corrected chi connectivity index (χ0v) is 11.4. The van der Waals surface area contributed by atoms with Crippen molar-refractivity contribution in [3.63, 3.8) is 0 Å². The van der Waals surface area contributed by atoms with Gasteiger partial charge < -0.3 is 9.73 Å². The third-order valence-electron chi connectivity index (χ3n) is 2.61. The summed E-state index contributed by atoms with van der Waals surface area (Å²) in [6, 6.07) is 6.94. The van der Waals surface area contributed by atoms with Crippen molar-refractivity contribution < 1.29 is 13.2 Å². The molecular formula is C13H14F2N2OS. The van der Waals surface area contributed by atoms with Crippen molar-refractivity contribution in [2.24, 2.45) is 0 Å². The molecule has 0 bridgehead atoms. The molecule has 1 N–H and O–H groups in total. The number of thioether (sulfide) groups is 1. The Bertz CT molecular complexity index is 538. The molecule has 0 radical (unpaired) electrons. The molecular weight excluding hydrogens is 270 g/mol. The Kier molecular flexibility index (Phi) is 4.42. The van der Waals surface area contributed by atoms with E-state index in [1.807, 2.05) is 13.8 Å². The van der Waals surface area contributed by atoms with Gasteiger partial charge in [-0.3, -0.25) is 0 Å². The summed E-state index contributed by atoms with van der Waals surface area (Å²) in [7, 11) is 0. The van der Waals surface area contributed by atoms with Crippen LogP contribution in [0.25, 0.3) is 0 Å². The quantitative estimate of drug-likeness (QED) is 0.834. The van der Waals surface area contributed by atoms with Crippen LogP contribution < -0.4 is 5.32 Å². The molecule has 6 heteroatoms. The molecule has 1 aromatic carbocycles. The lowest BCUT2D eigenvalue weighted by Crippen LogP contribution is -2.01. The molecule has 0 unspecified atom stereocenters. The van der Waals surface area contributed by atoms with E-state index in [4.69, 9.17) is 4.42 Å². The summed E-state index contributed by atoms with van der Waals surface area (Å²) >= 11 is 0.522. The van der Waals surface area contributed by atoms with E-state index in [2.05, 4.69) is 10.3 Å². The predicted molar refractivity (Wildman–Crippen MR) is 71.6 cm³/mol. The van der Waals surface area contributed by atoms with Crippen LogP contribution in [0.15, 0.2) is 33.6 Å². The molecule has 0 spiro atoms. The number of halogens is 2. The number of alkyl halides is 2. The number of aromatic nitrogens is 1. The Morgan fingerprint density at radius 2 is 2.05 bits per heavy atom. The SMILES string of the molecule is Cc1nc(CNc2ccccc2SC(F)F)oc1C. The van der Waals surface area contributed by atoms with Gasteiger partial charge in [0.2, 0.25) is 5.89 Å². The summed E-state index contributed by atoms with van der Waals surface area (Å²) in [4.78, 5) is 4.74. The smallest absolute Gasteiger partial charge is 0.288 e. The highest BCUT2D eigenvalue weighted by atomic mass is 32.2. The van der Waals surface area contributed by atoms with Crippen molar-refractivity contribution in [3.05, 3.63) is 41.6 Å². The highest BCUT2D eigenvalue weighted by Crippen LogP contribution is 2.31. The molecule has 0 amide bonds. The Morgan fingerprint density at radius 1 is 1.32 bits per heavy atom. The maximum absolute atomic E-state index is 12.4. The highest BCUT2D eigenvalue weighted by Gasteiger charge is 2.10. The van der Waals surface area contributed by atoms with Crippen LogP contribution >= 0.6 is 11.8 Å². The number of oxazole rings is 1. The van der Waals surface area contributed by atoms with Crippen LogP contribution in [0.5, 0.6) is 0 Å². The molecule has 0 aliphatic carbocycles. The van der Waals surface area contributed by atoms with Gasteiger partial charge in [-0.15, -0.1) is 0 Å². The zero-order valence-electron chi connectivity index (χ0n) is 10.6. The second-order valence-electron chi connectivity index (χ2n) is 3.98. The van der Waals surface area contributed by atoms with Crippen LogP contribution in [0.3, 0.4) is 0 Å². The van der Waals surface area contributed by atoms with E-state index in [0.717, 1.165) is 11.5 Å². The number of nitrogens with one attached hydrogen (secondary N) is 1. The van der Waals surface area contributed by atoms with Crippen molar-refractivity contribution in [2.75, 3.05) is 5.32 Å². The fraction of sp³-hybridized carbons (Fsp3) is 0.308. The maximum atomic E-state index is 12.4. The molecule has 0 fully saturated rings. The minimum absolute atomic E-state index is 0.371. The minimum Gasteiger partial charge on any atom is -0.444 e. The number of para-hydroxylation sites is 1. The third kappa shape index (κ3) is 3.70. The van der Waals surface area contributed by atoms with Gasteiger partial charge in [-0.1, -0.05) is 23.9 Å². The standard InChI is InChI=1S/C13H14F2N2OS/c1-8-9(2)18-12(17-8)7-16-10-5-3-4-6-11(10)19-13(14)15/h3-6,13,16H,7H2,1-2H3. The molecule has 0 saturated carbocycles. The van der Waals surface area contributed by atoms with Gasteiger partial charge in [-0.25, -0.2) is 4.98 Å². The number of benzene rings is 1. The van der Waals surface area contributed by atoms with Crippen LogP contribution in [-0.4, -0.2) is 10.7 Å². The van der Waals surface area contributed by atoms with Crippen LogP contribution in [0, 0.1) is 13.8 Å². The molecule has 3 nitrogen and oxygen atoms in total. The highest BCUT2D eigenvalue weighted by molar-refractivity contribution is 7.99. The Labute approximate surface area is 114 Å². The fourth-order valence-corrected chi connectivity index (χ4v) is 2.21. The molecule has 0 aliphatic heterocycles. The summed E-state index contributed by atoms with van der Waals surface area (Å²) in [5, 5.41) is 3.07. The van der Waals surface area contributed by atoms with Crippen LogP contribution in [0.4, 0.5) is 14.5 Å². The summed E-state index contributed by atoms with van der Waals surface area (Å²) in [6.07, 6.45) is 0. The lowest BCUT2D eigenvalue weighted by Gasteiger charge is -2.09. The molecule has 19 heavy (non-hydrogen) atoms. The first-order chi connectivity index (χ1) is 9.06. The molecule has 102 valence electrons. The van der Waals surface area contributed by atoms with Crippen molar-refractivity contribution >= 4 is 17.4 Å².